The first-order valence-corrected chi connectivity index (χ1v) is 9.06. The Morgan fingerprint density at radius 2 is 2.15 bits per heavy atom. The van der Waals surface area contributed by atoms with Crippen LogP contribution in [-0.2, 0) is 16.0 Å². The molecule has 3 aromatic rings. The third kappa shape index (κ3) is 3.73. The van der Waals surface area contributed by atoms with Crippen molar-refractivity contribution in [1.82, 2.24) is 9.38 Å². The van der Waals surface area contributed by atoms with Gasteiger partial charge in [-0.2, -0.15) is 0 Å². The van der Waals surface area contributed by atoms with Crippen LogP contribution in [0.3, 0.4) is 0 Å². The number of aromatic nitrogens is 2. The molecule has 2 heterocycles. The Morgan fingerprint density at radius 1 is 1.35 bits per heavy atom. The standard InChI is InChI=1S/C19H20BrN3O3/c1-3-26-19(24)15(21)10-16-18(12-5-4-6-14(9-12)25-2)22-17-8-7-13(20)11-23(16)17/h4-9,11,15H,3,10,21H2,1-2H3. The van der Waals surface area contributed by atoms with E-state index in [0.29, 0.717) is 13.0 Å². The van der Waals surface area contributed by atoms with Crippen molar-refractivity contribution in [2.75, 3.05) is 13.7 Å². The number of halogens is 1. The van der Waals surface area contributed by atoms with Crippen molar-refractivity contribution in [3.63, 3.8) is 0 Å². The molecule has 3 rings (SSSR count). The molecule has 0 aliphatic carbocycles. The number of hydrogen-bond acceptors (Lipinski definition) is 5. The summed E-state index contributed by atoms with van der Waals surface area (Å²) in [6, 6.07) is 10.7. The fraction of sp³-hybridized carbons (Fsp3) is 0.263. The predicted octanol–water partition coefficient (Wildman–Crippen LogP) is 3.21. The zero-order valence-corrected chi connectivity index (χ0v) is 16.2. The number of methoxy groups -OCH3 is 1. The maximum atomic E-state index is 12.0. The minimum absolute atomic E-state index is 0.300. The van der Waals surface area contributed by atoms with E-state index in [0.717, 1.165) is 32.8 Å². The molecule has 1 aromatic carbocycles. The number of rotatable bonds is 6. The molecule has 0 radical (unpaired) electrons. The number of pyridine rings is 1. The van der Waals surface area contributed by atoms with E-state index in [1.54, 1.807) is 14.0 Å². The third-order valence-corrected chi connectivity index (χ3v) is 4.50. The molecule has 0 aliphatic heterocycles. The first kappa shape index (κ1) is 18.4. The molecule has 1 unspecified atom stereocenters. The van der Waals surface area contributed by atoms with Crippen LogP contribution in [0.25, 0.3) is 16.9 Å². The summed E-state index contributed by atoms with van der Waals surface area (Å²) in [5.74, 6) is 0.315. The molecule has 0 spiro atoms. The summed E-state index contributed by atoms with van der Waals surface area (Å²) in [6.07, 6.45) is 2.22. The summed E-state index contributed by atoms with van der Waals surface area (Å²) in [5.41, 5.74) is 9.36. The van der Waals surface area contributed by atoms with Gasteiger partial charge in [0.15, 0.2) is 0 Å². The lowest BCUT2D eigenvalue weighted by molar-refractivity contribution is -0.144. The molecule has 2 N–H and O–H groups in total. The molecule has 6 nitrogen and oxygen atoms in total. The Morgan fingerprint density at radius 3 is 2.88 bits per heavy atom. The van der Waals surface area contributed by atoms with Gasteiger partial charge in [0.2, 0.25) is 0 Å². The van der Waals surface area contributed by atoms with Gasteiger partial charge in [-0.25, -0.2) is 4.98 Å². The fourth-order valence-corrected chi connectivity index (χ4v) is 3.14. The van der Waals surface area contributed by atoms with Crippen LogP contribution in [0, 0.1) is 0 Å². The van der Waals surface area contributed by atoms with Crippen molar-refractivity contribution in [2.24, 2.45) is 5.73 Å². The molecule has 0 amide bonds. The van der Waals surface area contributed by atoms with Crippen LogP contribution < -0.4 is 10.5 Å². The molecule has 136 valence electrons. The highest BCUT2D eigenvalue weighted by molar-refractivity contribution is 9.10. The smallest absolute Gasteiger partial charge is 0.323 e. The van der Waals surface area contributed by atoms with Gasteiger partial charge in [-0.3, -0.25) is 4.79 Å². The number of nitrogens with two attached hydrogens (primary N) is 1. The van der Waals surface area contributed by atoms with Gasteiger partial charge < -0.3 is 19.6 Å². The van der Waals surface area contributed by atoms with E-state index in [4.69, 9.17) is 20.2 Å². The number of imidazole rings is 1. The molecule has 0 fully saturated rings. The average molecular weight is 418 g/mol. The third-order valence-electron chi connectivity index (χ3n) is 4.03. The number of nitrogens with zero attached hydrogens (tertiary/aromatic N) is 2. The van der Waals surface area contributed by atoms with Crippen molar-refractivity contribution in [1.29, 1.82) is 0 Å². The number of hydrogen-bond donors (Lipinski definition) is 1. The zero-order valence-electron chi connectivity index (χ0n) is 14.6. The second kappa shape index (κ2) is 7.88. The fourth-order valence-electron chi connectivity index (χ4n) is 2.80. The lowest BCUT2D eigenvalue weighted by Crippen LogP contribution is -2.34. The second-order valence-corrected chi connectivity index (χ2v) is 6.69. The highest BCUT2D eigenvalue weighted by atomic mass is 79.9. The number of fused-ring (bicyclic) bond motifs is 1. The molecule has 1 atom stereocenters. The molecular weight excluding hydrogens is 398 g/mol. The van der Waals surface area contributed by atoms with Crippen LogP contribution in [0.1, 0.15) is 12.6 Å². The first-order valence-electron chi connectivity index (χ1n) is 8.26. The molecule has 7 heteroatoms. The summed E-state index contributed by atoms with van der Waals surface area (Å²) in [5, 5.41) is 0. The molecule has 2 aromatic heterocycles. The first-order chi connectivity index (χ1) is 12.5. The molecule has 0 saturated heterocycles. The van der Waals surface area contributed by atoms with E-state index in [-0.39, 0.29) is 0 Å². The van der Waals surface area contributed by atoms with E-state index in [1.807, 2.05) is 47.0 Å². The maximum Gasteiger partial charge on any atom is 0.323 e. The van der Waals surface area contributed by atoms with Crippen molar-refractivity contribution < 1.29 is 14.3 Å². The minimum atomic E-state index is -0.766. The molecule has 0 aliphatic rings. The van der Waals surface area contributed by atoms with Crippen molar-refractivity contribution in [2.45, 2.75) is 19.4 Å². The van der Waals surface area contributed by atoms with Gasteiger partial charge in [0.1, 0.15) is 17.4 Å². The van der Waals surface area contributed by atoms with E-state index in [2.05, 4.69) is 15.9 Å². The molecule has 0 bridgehead atoms. The zero-order chi connectivity index (χ0) is 18.7. The summed E-state index contributed by atoms with van der Waals surface area (Å²) >= 11 is 3.48. The van der Waals surface area contributed by atoms with Crippen LogP contribution in [0.2, 0.25) is 0 Å². The number of carbonyl (C=O) groups excluding carboxylic acids is 1. The van der Waals surface area contributed by atoms with Crippen LogP contribution in [0.4, 0.5) is 0 Å². The largest absolute Gasteiger partial charge is 0.497 e. The summed E-state index contributed by atoms with van der Waals surface area (Å²) in [4.78, 5) is 16.8. The normalized spacial score (nSPS) is 12.2. The van der Waals surface area contributed by atoms with Crippen LogP contribution >= 0.6 is 15.9 Å². The van der Waals surface area contributed by atoms with Gasteiger partial charge in [0.25, 0.3) is 0 Å². The topological polar surface area (TPSA) is 78.8 Å². The maximum absolute atomic E-state index is 12.0. The highest BCUT2D eigenvalue weighted by Crippen LogP contribution is 2.29. The number of ether oxygens (including phenoxy) is 2. The van der Waals surface area contributed by atoms with Crippen molar-refractivity contribution >= 4 is 27.5 Å². The molecule has 0 saturated carbocycles. The number of carbonyl (C=O) groups is 1. The Balaban J connectivity index is 2.11. The predicted molar refractivity (Wildman–Crippen MR) is 103 cm³/mol. The Kier molecular flexibility index (Phi) is 5.58. The van der Waals surface area contributed by atoms with Crippen LogP contribution in [-0.4, -0.2) is 35.1 Å². The van der Waals surface area contributed by atoms with E-state index < -0.39 is 12.0 Å². The molecule has 26 heavy (non-hydrogen) atoms. The Labute approximate surface area is 160 Å². The van der Waals surface area contributed by atoms with E-state index in [9.17, 15) is 4.79 Å². The summed E-state index contributed by atoms with van der Waals surface area (Å²) in [6.45, 7) is 2.06. The van der Waals surface area contributed by atoms with Crippen LogP contribution in [0.15, 0.2) is 47.1 Å². The second-order valence-electron chi connectivity index (χ2n) is 5.78. The van der Waals surface area contributed by atoms with E-state index in [1.165, 1.54) is 0 Å². The lowest BCUT2D eigenvalue weighted by Gasteiger charge is -2.12. The number of benzene rings is 1. The Bertz CT molecular complexity index is 939. The lowest BCUT2D eigenvalue weighted by atomic mass is 10.1. The van der Waals surface area contributed by atoms with Gasteiger partial charge in [-0.15, -0.1) is 0 Å². The van der Waals surface area contributed by atoms with Gasteiger partial charge in [-0.05, 0) is 47.1 Å². The number of esters is 1. The van der Waals surface area contributed by atoms with Gasteiger partial charge in [-0.1, -0.05) is 12.1 Å². The average Bonchev–Trinajstić information content (AvgIpc) is 2.99. The summed E-state index contributed by atoms with van der Waals surface area (Å²) in [7, 11) is 1.62. The highest BCUT2D eigenvalue weighted by Gasteiger charge is 2.22. The van der Waals surface area contributed by atoms with Gasteiger partial charge in [0, 0.05) is 22.7 Å². The molecular formula is C19H20BrN3O3. The Hall–Kier alpha value is -2.38. The van der Waals surface area contributed by atoms with Gasteiger partial charge in [0.05, 0.1) is 25.1 Å². The van der Waals surface area contributed by atoms with Crippen LogP contribution in [0.5, 0.6) is 5.75 Å². The van der Waals surface area contributed by atoms with Crippen molar-refractivity contribution in [3.8, 4) is 17.0 Å². The quantitative estimate of drug-likeness (QED) is 0.622. The van der Waals surface area contributed by atoms with Gasteiger partial charge >= 0.3 is 5.97 Å². The van der Waals surface area contributed by atoms with E-state index >= 15 is 0 Å². The monoisotopic (exact) mass is 417 g/mol. The SMILES string of the molecule is CCOC(=O)C(N)Cc1c(-c2cccc(OC)c2)nc2ccc(Br)cn12. The van der Waals surface area contributed by atoms with Crippen molar-refractivity contribution in [3.05, 3.63) is 52.8 Å². The summed E-state index contributed by atoms with van der Waals surface area (Å²) < 4.78 is 13.2. The minimum Gasteiger partial charge on any atom is -0.497 e.